The predicted octanol–water partition coefficient (Wildman–Crippen LogP) is 3.60. The molecular formula is C17H14FN3OS. The van der Waals surface area contributed by atoms with Crippen molar-refractivity contribution >= 4 is 18.1 Å². The minimum absolute atomic E-state index is 0.239. The first kappa shape index (κ1) is 15.2. The number of amides is 1. The summed E-state index contributed by atoms with van der Waals surface area (Å²) in [6.07, 6.45) is 1.57. The van der Waals surface area contributed by atoms with E-state index < -0.39 is 0 Å². The van der Waals surface area contributed by atoms with E-state index in [0.717, 1.165) is 5.69 Å². The van der Waals surface area contributed by atoms with Crippen LogP contribution in [0.25, 0.3) is 5.69 Å². The molecule has 0 atom stereocenters. The van der Waals surface area contributed by atoms with Crippen LogP contribution < -0.4 is 5.32 Å². The van der Waals surface area contributed by atoms with Crippen LogP contribution in [0.2, 0.25) is 0 Å². The molecule has 0 saturated carbocycles. The number of aromatic amines is 1. The molecule has 2 N–H and O–H groups in total. The highest BCUT2D eigenvalue weighted by atomic mass is 32.1. The fourth-order valence-electron chi connectivity index (χ4n) is 2.29. The van der Waals surface area contributed by atoms with Gasteiger partial charge in [-0.15, -0.1) is 0 Å². The van der Waals surface area contributed by atoms with Gasteiger partial charge in [-0.2, -0.15) is 0 Å². The van der Waals surface area contributed by atoms with Crippen LogP contribution in [0.4, 0.5) is 4.39 Å². The molecule has 1 aromatic heterocycles. The molecule has 3 aromatic rings. The summed E-state index contributed by atoms with van der Waals surface area (Å²) >= 11 is 5.25. The van der Waals surface area contributed by atoms with E-state index in [1.807, 2.05) is 30.3 Å². The number of para-hydroxylation sites is 1. The molecule has 116 valence electrons. The second-order valence-corrected chi connectivity index (χ2v) is 5.35. The lowest BCUT2D eigenvalue weighted by Crippen LogP contribution is -2.25. The van der Waals surface area contributed by atoms with Gasteiger partial charge in [0.25, 0.3) is 5.91 Å². The van der Waals surface area contributed by atoms with E-state index in [4.69, 9.17) is 12.2 Å². The molecule has 0 aliphatic rings. The van der Waals surface area contributed by atoms with Gasteiger partial charge in [0.2, 0.25) is 0 Å². The second kappa shape index (κ2) is 6.58. The molecule has 4 nitrogen and oxygen atoms in total. The molecule has 0 unspecified atom stereocenters. The maximum Gasteiger partial charge on any atom is 0.270 e. The number of nitrogens with zero attached hydrogens (tertiary/aromatic N) is 1. The number of H-pyrrole nitrogens is 1. The third-order valence-electron chi connectivity index (χ3n) is 3.37. The van der Waals surface area contributed by atoms with Gasteiger partial charge in [0.1, 0.15) is 11.5 Å². The molecule has 0 saturated heterocycles. The van der Waals surface area contributed by atoms with Crippen LogP contribution in [-0.4, -0.2) is 15.5 Å². The Bertz CT molecular complexity index is 886. The topological polar surface area (TPSA) is 49.8 Å². The molecule has 0 aliphatic carbocycles. The quantitative estimate of drug-likeness (QED) is 0.719. The molecule has 23 heavy (non-hydrogen) atoms. The highest BCUT2D eigenvalue weighted by Gasteiger charge is 2.14. The summed E-state index contributed by atoms with van der Waals surface area (Å²) in [4.78, 5) is 15.3. The molecule has 0 aliphatic heterocycles. The van der Waals surface area contributed by atoms with Crippen molar-refractivity contribution in [3.63, 3.8) is 0 Å². The van der Waals surface area contributed by atoms with Gasteiger partial charge in [-0.1, -0.05) is 30.3 Å². The lowest BCUT2D eigenvalue weighted by molar-refractivity contribution is 0.0944. The number of carbonyl (C=O) groups is 1. The summed E-state index contributed by atoms with van der Waals surface area (Å²) < 4.78 is 15.3. The molecule has 0 bridgehead atoms. The van der Waals surface area contributed by atoms with Gasteiger partial charge in [-0.3, -0.25) is 9.36 Å². The zero-order valence-electron chi connectivity index (χ0n) is 12.1. The Labute approximate surface area is 137 Å². The third-order valence-corrected chi connectivity index (χ3v) is 3.67. The van der Waals surface area contributed by atoms with Crippen molar-refractivity contribution in [2.45, 2.75) is 6.54 Å². The van der Waals surface area contributed by atoms with Crippen LogP contribution in [0.3, 0.4) is 0 Å². The molecular weight excluding hydrogens is 313 g/mol. The Morgan fingerprint density at radius 3 is 2.70 bits per heavy atom. The van der Waals surface area contributed by atoms with Gasteiger partial charge in [-0.05, 0) is 42.0 Å². The maximum atomic E-state index is 13.2. The number of hydrogen-bond donors (Lipinski definition) is 2. The SMILES string of the molecule is O=C(NCc1cccc(F)c1)c1c[nH]c(=S)n1-c1ccccc1. The van der Waals surface area contributed by atoms with Crippen LogP contribution >= 0.6 is 12.2 Å². The first-order chi connectivity index (χ1) is 11.1. The van der Waals surface area contributed by atoms with Crippen LogP contribution in [0.15, 0.2) is 60.8 Å². The lowest BCUT2D eigenvalue weighted by atomic mass is 10.2. The van der Waals surface area contributed by atoms with E-state index in [-0.39, 0.29) is 18.3 Å². The zero-order valence-corrected chi connectivity index (χ0v) is 12.9. The van der Waals surface area contributed by atoms with Crippen LogP contribution in [-0.2, 0) is 6.54 Å². The molecule has 0 radical (unpaired) electrons. The lowest BCUT2D eigenvalue weighted by Gasteiger charge is -2.09. The fraction of sp³-hybridized carbons (Fsp3) is 0.0588. The average molecular weight is 327 g/mol. The first-order valence-electron chi connectivity index (χ1n) is 7.03. The van der Waals surface area contributed by atoms with Gasteiger partial charge < -0.3 is 10.3 Å². The van der Waals surface area contributed by atoms with Gasteiger partial charge in [0.05, 0.1) is 0 Å². The molecule has 0 fully saturated rings. The number of benzene rings is 2. The van der Waals surface area contributed by atoms with Gasteiger partial charge in [-0.25, -0.2) is 4.39 Å². The monoisotopic (exact) mass is 327 g/mol. The van der Waals surface area contributed by atoms with Crippen molar-refractivity contribution in [2.75, 3.05) is 0 Å². The number of rotatable bonds is 4. The summed E-state index contributed by atoms with van der Waals surface area (Å²) in [6.45, 7) is 0.239. The van der Waals surface area contributed by atoms with Crippen molar-refractivity contribution in [3.8, 4) is 5.69 Å². The number of imidazole rings is 1. The number of nitrogens with one attached hydrogen (secondary N) is 2. The fourth-order valence-corrected chi connectivity index (χ4v) is 2.55. The highest BCUT2D eigenvalue weighted by Crippen LogP contribution is 2.12. The van der Waals surface area contributed by atoms with Crippen molar-refractivity contribution in [1.29, 1.82) is 0 Å². The minimum atomic E-state index is -0.328. The molecule has 2 aromatic carbocycles. The van der Waals surface area contributed by atoms with Crippen molar-refractivity contribution in [1.82, 2.24) is 14.9 Å². The Balaban J connectivity index is 1.82. The van der Waals surface area contributed by atoms with Crippen molar-refractivity contribution in [2.24, 2.45) is 0 Å². The van der Waals surface area contributed by atoms with E-state index in [2.05, 4.69) is 10.3 Å². The molecule has 1 heterocycles. The first-order valence-corrected chi connectivity index (χ1v) is 7.44. The Morgan fingerprint density at radius 2 is 1.96 bits per heavy atom. The number of carbonyl (C=O) groups excluding carboxylic acids is 1. The van der Waals surface area contributed by atoms with E-state index in [9.17, 15) is 9.18 Å². The standard InChI is InChI=1S/C17H14FN3OS/c18-13-6-4-5-12(9-13)10-19-16(22)15-11-20-17(23)21(15)14-7-2-1-3-8-14/h1-9,11H,10H2,(H,19,22)(H,20,23). The average Bonchev–Trinajstić information content (AvgIpc) is 2.95. The van der Waals surface area contributed by atoms with E-state index in [0.29, 0.717) is 16.0 Å². The number of hydrogen-bond acceptors (Lipinski definition) is 2. The van der Waals surface area contributed by atoms with Crippen molar-refractivity contribution < 1.29 is 9.18 Å². The zero-order chi connectivity index (χ0) is 16.2. The van der Waals surface area contributed by atoms with Gasteiger partial charge >= 0.3 is 0 Å². The second-order valence-electron chi connectivity index (χ2n) is 4.96. The Hall–Kier alpha value is -2.73. The van der Waals surface area contributed by atoms with Crippen molar-refractivity contribution in [3.05, 3.63) is 82.6 Å². The summed E-state index contributed by atoms with van der Waals surface area (Å²) in [5, 5.41) is 2.77. The normalized spacial score (nSPS) is 10.5. The molecule has 0 spiro atoms. The van der Waals surface area contributed by atoms with Crippen LogP contribution in [0.1, 0.15) is 16.1 Å². The highest BCUT2D eigenvalue weighted by molar-refractivity contribution is 7.71. The largest absolute Gasteiger partial charge is 0.347 e. The van der Waals surface area contributed by atoms with Crippen LogP contribution in [0.5, 0.6) is 0 Å². The van der Waals surface area contributed by atoms with Gasteiger partial charge in [0, 0.05) is 18.4 Å². The molecule has 6 heteroatoms. The minimum Gasteiger partial charge on any atom is -0.347 e. The third kappa shape index (κ3) is 3.37. The van der Waals surface area contributed by atoms with E-state index >= 15 is 0 Å². The molecule has 3 rings (SSSR count). The summed E-state index contributed by atoms with van der Waals surface area (Å²) in [7, 11) is 0. The van der Waals surface area contributed by atoms with E-state index in [1.165, 1.54) is 12.1 Å². The number of aromatic nitrogens is 2. The predicted molar refractivity (Wildman–Crippen MR) is 88.5 cm³/mol. The van der Waals surface area contributed by atoms with Crippen LogP contribution in [0, 0.1) is 10.6 Å². The maximum absolute atomic E-state index is 13.2. The summed E-state index contributed by atoms with van der Waals surface area (Å²) in [6, 6.07) is 15.5. The smallest absolute Gasteiger partial charge is 0.270 e. The summed E-state index contributed by atoms with van der Waals surface area (Å²) in [5.41, 5.74) is 1.89. The van der Waals surface area contributed by atoms with Gasteiger partial charge in [0.15, 0.2) is 4.77 Å². The Kier molecular flexibility index (Phi) is 4.34. The number of halogens is 1. The Morgan fingerprint density at radius 1 is 1.17 bits per heavy atom. The summed E-state index contributed by atoms with van der Waals surface area (Å²) in [5.74, 6) is -0.615. The molecule has 1 amide bonds. The van der Waals surface area contributed by atoms with E-state index in [1.54, 1.807) is 22.9 Å².